The average molecular weight is 219 g/mol. The van der Waals surface area contributed by atoms with Crippen molar-refractivity contribution in [1.29, 1.82) is 0 Å². The van der Waals surface area contributed by atoms with Gasteiger partial charge in [0.15, 0.2) is 0 Å². The van der Waals surface area contributed by atoms with Crippen LogP contribution in [-0.2, 0) is 6.42 Å². The molecule has 0 bridgehead atoms. The summed E-state index contributed by atoms with van der Waals surface area (Å²) in [6.45, 7) is 1.07. The maximum absolute atomic E-state index is 4.48. The summed E-state index contributed by atoms with van der Waals surface area (Å²) in [7, 11) is 0. The number of hydrogen-bond donors (Lipinski definition) is 2. The normalized spacial score (nSPS) is 21.8. The van der Waals surface area contributed by atoms with E-state index < -0.39 is 0 Å². The third kappa shape index (κ3) is 2.46. The summed E-state index contributed by atoms with van der Waals surface area (Å²) in [5.41, 5.74) is 1.37. The first-order valence-electron chi connectivity index (χ1n) is 6.69. The van der Waals surface area contributed by atoms with E-state index in [2.05, 4.69) is 21.5 Å². The molecule has 2 fully saturated rings. The third-order valence-corrected chi connectivity index (χ3v) is 3.82. The molecular formula is C13H21N3. The number of nitrogens with zero attached hydrogens (tertiary/aromatic N) is 1. The standard InChI is InChI=1S/C13H21N3/c1-2-4-10(3-1)12-9-15-13(16-12)7-8-14-11-5-6-11/h9-11,14H,1-8H2,(H,15,16). The first-order chi connectivity index (χ1) is 7.92. The molecule has 0 saturated heterocycles. The van der Waals surface area contributed by atoms with Gasteiger partial charge in [-0.05, 0) is 25.7 Å². The second-order valence-corrected chi connectivity index (χ2v) is 5.25. The van der Waals surface area contributed by atoms with E-state index in [0.717, 1.165) is 30.7 Å². The zero-order chi connectivity index (χ0) is 10.8. The smallest absolute Gasteiger partial charge is 0.107 e. The highest BCUT2D eigenvalue weighted by Gasteiger charge is 2.21. The van der Waals surface area contributed by atoms with Crippen molar-refractivity contribution in [1.82, 2.24) is 15.3 Å². The van der Waals surface area contributed by atoms with Crippen LogP contribution in [0.1, 0.15) is 56.0 Å². The molecule has 0 aromatic carbocycles. The molecule has 1 aromatic rings. The van der Waals surface area contributed by atoms with Crippen molar-refractivity contribution < 1.29 is 0 Å². The minimum Gasteiger partial charge on any atom is -0.346 e. The summed E-state index contributed by atoms with van der Waals surface area (Å²) < 4.78 is 0. The Labute approximate surface area is 97.0 Å². The van der Waals surface area contributed by atoms with Crippen LogP contribution in [0.5, 0.6) is 0 Å². The first kappa shape index (κ1) is 10.3. The fourth-order valence-corrected chi connectivity index (χ4v) is 2.63. The van der Waals surface area contributed by atoms with Crippen molar-refractivity contribution in [3.8, 4) is 0 Å². The summed E-state index contributed by atoms with van der Waals surface area (Å²) in [6.07, 6.45) is 11.3. The Morgan fingerprint density at radius 2 is 2.06 bits per heavy atom. The van der Waals surface area contributed by atoms with Crippen LogP contribution in [0.3, 0.4) is 0 Å². The van der Waals surface area contributed by atoms with Crippen LogP contribution in [0.15, 0.2) is 6.20 Å². The molecule has 3 heteroatoms. The van der Waals surface area contributed by atoms with E-state index in [1.807, 2.05) is 0 Å². The van der Waals surface area contributed by atoms with Gasteiger partial charge in [-0.25, -0.2) is 4.98 Å². The lowest BCUT2D eigenvalue weighted by molar-refractivity contribution is 0.663. The predicted molar refractivity (Wildman–Crippen MR) is 64.5 cm³/mol. The Kier molecular flexibility index (Phi) is 2.96. The fraction of sp³-hybridized carbons (Fsp3) is 0.769. The highest BCUT2D eigenvalue weighted by molar-refractivity contribution is 5.09. The van der Waals surface area contributed by atoms with Gasteiger partial charge in [-0.15, -0.1) is 0 Å². The molecule has 2 aliphatic rings. The lowest BCUT2D eigenvalue weighted by Gasteiger charge is -2.04. The molecule has 0 spiro atoms. The maximum atomic E-state index is 4.48. The molecule has 0 radical (unpaired) electrons. The number of nitrogens with one attached hydrogen (secondary N) is 2. The third-order valence-electron chi connectivity index (χ3n) is 3.82. The average Bonchev–Trinajstić information content (AvgIpc) is 2.83. The molecule has 88 valence electrons. The van der Waals surface area contributed by atoms with Crippen molar-refractivity contribution in [2.45, 2.75) is 56.9 Å². The first-order valence-corrected chi connectivity index (χ1v) is 6.69. The van der Waals surface area contributed by atoms with Gasteiger partial charge < -0.3 is 10.3 Å². The second kappa shape index (κ2) is 4.58. The number of rotatable bonds is 5. The molecule has 0 amide bonds. The summed E-state index contributed by atoms with van der Waals surface area (Å²) in [5.74, 6) is 1.92. The summed E-state index contributed by atoms with van der Waals surface area (Å²) in [6, 6.07) is 0.810. The molecule has 2 aliphatic carbocycles. The Hall–Kier alpha value is -0.830. The van der Waals surface area contributed by atoms with E-state index in [1.54, 1.807) is 0 Å². The van der Waals surface area contributed by atoms with E-state index in [9.17, 15) is 0 Å². The molecule has 3 nitrogen and oxygen atoms in total. The number of H-pyrrole nitrogens is 1. The van der Waals surface area contributed by atoms with E-state index >= 15 is 0 Å². The van der Waals surface area contributed by atoms with Crippen molar-refractivity contribution in [3.05, 3.63) is 17.7 Å². The van der Waals surface area contributed by atoms with E-state index in [0.29, 0.717) is 0 Å². The molecule has 1 heterocycles. The Balaban J connectivity index is 1.50. The summed E-state index contributed by atoms with van der Waals surface area (Å²) >= 11 is 0. The number of aromatic amines is 1. The van der Waals surface area contributed by atoms with Crippen LogP contribution in [0.25, 0.3) is 0 Å². The van der Waals surface area contributed by atoms with E-state index in [4.69, 9.17) is 0 Å². The zero-order valence-corrected chi connectivity index (χ0v) is 9.84. The molecule has 1 aromatic heterocycles. The molecule has 0 atom stereocenters. The lowest BCUT2D eigenvalue weighted by Crippen LogP contribution is -2.19. The SMILES string of the molecule is c1nc(CCNC2CC2)[nH]c1C1CCCC1. The van der Waals surface area contributed by atoms with Crippen LogP contribution in [0.2, 0.25) is 0 Å². The number of hydrogen-bond acceptors (Lipinski definition) is 2. The van der Waals surface area contributed by atoms with Gasteiger partial charge >= 0.3 is 0 Å². The van der Waals surface area contributed by atoms with Gasteiger partial charge in [0.25, 0.3) is 0 Å². The summed E-state index contributed by atoms with van der Waals surface area (Å²) in [4.78, 5) is 7.98. The predicted octanol–water partition coefficient (Wildman–Crippen LogP) is 2.36. The summed E-state index contributed by atoms with van der Waals surface area (Å²) in [5, 5.41) is 3.52. The molecular weight excluding hydrogens is 198 g/mol. The fourth-order valence-electron chi connectivity index (χ4n) is 2.63. The monoisotopic (exact) mass is 219 g/mol. The Morgan fingerprint density at radius 3 is 2.81 bits per heavy atom. The van der Waals surface area contributed by atoms with Crippen LogP contribution in [-0.4, -0.2) is 22.6 Å². The van der Waals surface area contributed by atoms with Crippen molar-refractivity contribution in [2.24, 2.45) is 0 Å². The molecule has 0 aliphatic heterocycles. The highest BCUT2D eigenvalue weighted by Crippen LogP contribution is 2.32. The van der Waals surface area contributed by atoms with Crippen molar-refractivity contribution >= 4 is 0 Å². The number of imidazole rings is 1. The van der Waals surface area contributed by atoms with Gasteiger partial charge in [-0.3, -0.25) is 0 Å². The molecule has 2 N–H and O–H groups in total. The minimum absolute atomic E-state index is 0.762. The van der Waals surface area contributed by atoms with Gasteiger partial charge in [0, 0.05) is 36.8 Å². The van der Waals surface area contributed by atoms with Gasteiger partial charge in [0.05, 0.1) is 0 Å². The van der Waals surface area contributed by atoms with Crippen LogP contribution in [0, 0.1) is 0 Å². The van der Waals surface area contributed by atoms with Gasteiger partial charge in [0.1, 0.15) is 5.82 Å². The molecule has 2 saturated carbocycles. The highest BCUT2D eigenvalue weighted by atomic mass is 15.0. The number of aromatic nitrogens is 2. The van der Waals surface area contributed by atoms with Crippen LogP contribution in [0.4, 0.5) is 0 Å². The van der Waals surface area contributed by atoms with E-state index in [1.165, 1.54) is 44.2 Å². The molecule has 16 heavy (non-hydrogen) atoms. The largest absolute Gasteiger partial charge is 0.346 e. The Bertz CT molecular complexity index is 335. The van der Waals surface area contributed by atoms with Gasteiger partial charge in [0.2, 0.25) is 0 Å². The molecule has 3 rings (SSSR count). The molecule has 0 unspecified atom stereocenters. The van der Waals surface area contributed by atoms with Crippen molar-refractivity contribution in [2.75, 3.05) is 6.54 Å². The van der Waals surface area contributed by atoms with Gasteiger partial charge in [-0.2, -0.15) is 0 Å². The lowest BCUT2D eigenvalue weighted by atomic mass is 10.1. The quantitative estimate of drug-likeness (QED) is 0.798. The Morgan fingerprint density at radius 1 is 1.25 bits per heavy atom. The van der Waals surface area contributed by atoms with Crippen LogP contribution >= 0.6 is 0 Å². The van der Waals surface area contributed by atoms with Crippen LogP contribution < -0.4 is 5.32 Å². The second-order valence-electron chi connectivity index (χ2n) is 5.25. The van der Waals surface area contributed by atoms with Gasteiger partial charge in [-0.1, -0.05) is 12.8 Å². The maximum Gasteiger partial charge on any atom is 0.107 e. The van der Waals surface area contributed by atoms with E-state index in [-0.39, 0.29) is 0 Å². The minimum atomic E-state index is 0.762. The van der Waals surface area contributed by atoms with Crippen molar-refractivity contribution in [3.63, 3.8) is 0 Å². The zero-order valence-electron chi connectivity index (χ0n) is 9.84. The topological polar surface area (TPSA) is 40.7 Å².